The summed E-state index contributed by atoms with van der Waals surface area (Å²) in [5.41, 5.74) is 0.488. The van der Waals surface area contributed by atoms with Gasteiger partial charge in [0.25, 0.3) is 5.91 Å². The third-order valence-electron chi connectivity index (χ3n) is 3.52. The van der Waals surface area contributed by atoms with E-state index in [1.54, 1.807) is 12.3 Å². The molecule has 18 heavy (non-hydrogen) atoms. The van der Waals surface area contributed by atoms with Crippen molar-refractivity contribution < 1.29 is 4.79 Å². The summed E-state index contributed by atoms with van der Waals surface area (Å²) < 4.78 is 0.890. The molecule has 1 aliphatic rings. The molecule has 0 radical (unpaired) electrons. The van der Waals surface area contributed by atoms with E-state index in [2.05, 4.69) is 26.2 Å². The van der Waals surface area contributed by atoms with E-state index in [0.29, 0.717) is 5.69 Å². The Labute approximate surface area is 117 Å². The highest BCUT2D eigenvalue weighted by Crippen LogP contribution is 2.25. The second kappa shape index (κ2) is 6.88. The highest BCUT2D eigenvalue weighted by Gasteiger charge is 2.13. The van der Waals surface area contributed by atoms with Crippen molar-refractivity contribution in [3.8, 4) is 0 Å². The van der Waals surface area contributed by atoms with E-state index in [1.165, 1.54) is 32.1 Å². The number of amides is 1. The fourth-order valence-electron chi connectivity index (χ4n) is 2.47. The summed E-state index contributed by atoms with van der Waals surface area (Å²) >= 11 is 3.31. The van der Waals surface area contributed by atoms with Gasteiger partial charge in [-0.25, -0.2) is 4.98 Å². The van der Waals surface area contributed by atoms with Gasteiger partial charge in [0.2, 0.25) is 0 Å². The molecule has 3 nitrogen and oxygen atoms in total. The standard InChI is InChI=1S/C14H19BrN2O/c15-12-6-7-13(17-10-12)14(18)16-9-8-11-4-2-1-3-5-11/h6-7,10-11H,1-5,8-9H2,(H,16,18). The summed E-state index contributed by atoms with van der Waals surface area (Å²) in [4.78, 5) is 15.9. The Kier molecular flexibility index (Phi) is 5.17. The normalized spacial score (nSPS) is 16.5. The van der Waals surface area contributed by atoms with E-state index in [9.17, 15) is 4.79 Å². The Bertz CT molecular complexity index is 385. The van der Waals surface area contributed by atoms with Crippen molar-refractivity contribution >= 4 is 21.8 Å². The monoisotopic (exact) mass is 310 g/mol. The van der Waals surface area contributed by atoms with Crippen LogP contribution in [-0.4, -0.2) is 17.4 Å². The number of carbonyl (C=O) groups is 1. The first-order chi connectivity index (χ1) is 8.75. The number of halogens is 1. The topological polar surface area (TPSA) is 42.0 Å². The molecule has 0 bridgehead atoms. The molecule has 1 amide bonds. The summed E-state index contributed by atoms with van der Waals surface area (Å²) in [6.07, 6.45) is 9.49. The number of rotatable bonds is 4. The Morgan fingerprint density at radius 2 is 2.11 bits per heavy atom. The van der Waals surface area contributed by atoms with Gasteiger partial charge in [0.15, 0.2) is 0 Å². The summed E-state index contributed by atoms with van der Waals surface area (Å²) in [5.74, 6) is 0.732. The van der Waals surface area contributed by atoms with Gasteiger partial charge in [0.05, 0.1) is 0 Å². The summed E-state index contributed by atoms with van der Waals surface area (Å²) in [6.45, 7) is 0.765. The van der Waals surface area contributed by atoms with Gasteiger partial charge >= 0.3 is 0 Å². The van der Waals surface area contributed by atoms with Gasteiger partial charge in [-0.05, 0) is 40.4 Å². The Morgan fingerprint density at radius 3 is 2.78 bits per heavy atom. The van der Waals surface area contributed by atoms with Gasteiger partial charge in [-0.1, -0.05) is 32.1 Å². The van der Waals surface area contributed by atoms with E-state index >= 15 is 0 Å². The molecule has 1 saturated carbocycles. The predicted octanol–water partition coefficient (Wildman–Crippen LogP) is 3.54. The van der Waals surface area contributed by atoms with Crippen molar-refractivity contribution in [2.75, 3.05) is 6.54 Å². The smallest absolute Gasteiger partial charge is 0.269 e. The number of hydrogen-bond acceptors (Lipinski definition) is 2. The van der Waals surface area contributed by atoms with Crippen molar-refractivity contribution in [2.24, 2.45) is 5.92 Å². The lowest BCUT2D eigenvalue weighted by Crippen LogP contribution is -2.27. The summed E-state index contributed by atoms with van der Waals surface area (Å²) in [7, 11) is 0. The molecule has 98 valence electrons. The number of nitrogens with one attached hydrogen (secondary N) is 1. The second-order valence-corrected chi connectivity index (χ2v) is 5.83. The van der Waals surface area contributed by atoms with Gasteiger partial charge in [-0.3, -0.25) is 4.79 Å². The maximum atomic E-state index is 11.8. The van der Waals surface area contributed by atoms with Crippen molar-refractivity contribution in [3.05, 3.63) is 28.5 Å². The number of pyridine rings is 1. The van der Waals surface area contributed by atoms with Crippen LogP contribution in [-0.2, 0) is 0 Å². The fraction of sp³-hybridized carbons (Fsp3) is 0.571. The van der Waals surface area contributed by atoms with Crippen LogP contribution in [0.15, 0.2) is 22.8 Å². The fourth-order valence-corrected chi connectivity index (χ4v) is 2.70. The van der Waals surface area contributed by atoms with E-state index in [0.717, 1.165) is 23.4 Å². The largest absolute Gasteiger partial charge is 0.351 e. The number of hydrogen-bond donors (Lipinski definition) is 1. The molecule has 1 N–H and O–H groups in total. The van der Waals surface area contributed by atoms with E-state index in [4.69, 9.17) is 0 Å². The molecule has 0 aromatic carbocycles. The summed E-state index contributed by atoms with van der Waals surface area (Å²) in [5, 5.41) is 2.95. The van der Waals surface area contributed by atoms with Crippen molar-refractivity contribution in [3.63, 3.8) is 0 Å². The molecule has 1 aliphatic carbocycles. The SMILES string of the molecule is O=C(NCCC1CCCCC1)c1ccc(Br)cn1. The van der Waals surface area contributed by atoms with Crippen LogP contribution in [0.25, 0.3) is 0 Å². The van der Waals surface area contributed by atoms with Crippen LogP contribution in [0.3, 0.4) is 0 Å². The van der Waals surface area contributed by atoms with Crippen molar-refractivity contribution in [1.29, 1.82) is 0 Å². The number of carbonyl (C=O) groups excluding carboxylic acids is 1. The second-order valence-electron chi connectivity index (χ2n) is 4.91. The lowest BCUT2D eigenvalue weighted by Gasteiger charge is -2.21. The lowest BCUT2D eigenvalue weighted by atomic mass is 9.87. The van der Waals surface area contributed by atoms with Crippen LogP contribution in [0.4, 0.5) is 0 Å². The Morgan fingerprint density at radius 1 is 1.33 bits per heavy atom. The third-order valence-corrected chi connectivity index (χ3v) is 3.99. The molecule has 4 heteroatoms. The summed E-state index contributed by atoms with van der Waals surface area (Å²) in [6, 6.07) is 3.57. The molecule has 2 rings (SSSR count). The number of nitrogens with zero attached hydrogens (tertiary/aromatic N) is 1. The molecule has 0 atom stereocenters. The van der Waals surface area contributed by atoms with Crippen LogP contribution in [0.2, 0.25) is 0 Å². The van der Waals surface area contributed by atoms with Crippen molar-refractivity contribution in [1.82, 2.24) is 10.3 Å². The molecule has 0 saturated heterocycles. The minimum absolute atomic E-state index is 0.0710. The molecule has 1 aromatic heterocycles. The zero-order chi connectivity index (χ0) is 12.8. The lowest BCUT2D eigenvalue weighted by molar-refractivity contribution is 0.0945. The average molecular weight is 311 g/mol. The van der Waals surface area contributed by atoms with E-state index in [1.807, 2.05) is 6.07 Å². The van der Waals surface area contributed by atoms with Crippen LogP contribution in [0, 0.1) is 5.92 Å². The van der Waals surface area contributed by atoms with Gasteiger partial charge < -0.3 is 5.32 Å². The van der Waals surface area contributed by atoms with Gasteiger partial charge in [0, 0.05) is 17.2 Å². The maximum Gasteiger partial charge on any atom is 0.269 e. The molecule has 0 unspecified atom stereocenters. The average Bonchev–Trinajstić information content (AvgIpc) is 2.40. The van der Waals surface area contributed by atoms with Crippen molar-refractivity contribution in [2.45, 2.75) is 38.5 Å². The minimum atomic E-state index is -0.0710. The predicted molar refractivity (Wildman–Crippen MR) is 75.5 cm³/mol. The quantitative estimate of drug-likeness (QED) is 0.924. The molecular formula is C14H19BrN2O. The van der Waals surface area contributed by atoms with Gasteiger partial charge in [-0.2, -0.15) is 0 Å². The number of aromatic nitrogens is 1. The van der Waals surface area contributed by atoms with Crippen LogP contribution in [0.1, 0.15) is 49.0 Å². The molecule has 0 spiro atoms. The molecule has 0 aliphatic heterocycles. The van der Waals surface area contributed by atoms with E-state index in [-0.39, 0.29) is 5.91 Å². The highest BCUT2D eigenvalue weighted by molar-refractivity contribution is 9.10. The van der Waals surface area contributed by atoms with Gasteiger partial charge in [-0.15, -0.1) is 0 Å². The van der Waals surface area contributed by atoms with Crippen LogP contribution in [0.5, 0.6) is 0 Å². The zero-order valence-electron chi connectivity index (χ0n) is 10.5. The van der Waals surface area contributed by atoms with E-state index < -0.39 is 0 Å². The Hall–Kier alpha value is -0.900. The van der Waals surface area contributed by atoms with Crippen LogP contribution < -0.4 is 5.32 Å². The van der Waals surface area contributed by atoms with Crippen LogP contribution >= 0.6 is 15.9 Å². The zero-order valence-corrected chi connectivity index (χ0v) is 12.1. The first-order valence-corrected chi connectivity index (χ1v) is 7.45. The molecule has 1 heterocycles. The first-order valence-electron chi connectivity index (χ1n) is 6.65. The minimum Gasteiger partial charge on any atom is -0.351 e. The maximum absolute atomic E-state index is 11.8. The highest BCUT2D eigenvalue weighted by atomic mass is 79.9. The molecule has 1 aromatic rings. The first kappa shape index (κ1) is 13.5. The Balaban J connectivity index is 1.72. The molecular weight excluding hydrogens is 292 g/mol. The molecule has 1 fully saturated rings. The van der Waals surface area contributed by atoms with Gasteiger partial charge in [0.1, 0.15) is 5.69 Å². The third kappa shape index (κ3) is 4.09.